The van der Waals surface area contributed by atoms with Crippen molar-refractivity contribution in [2.45, 2.75) is 13.8 Å². The number of aryl methyl sites for hydroxylation is 1. The maximum atomic E-state index is 8.74. The van der Waals surface area contributed by atoms with Crippen LogP contribution in [0.1, 0.15) is 12.5 Å². The number of hydrogen-bond donors (Lipinski definition) is 6. The highest BCUT2D eigenvalue weighted by atomic mass is 32.3. The summed E-state index contributed by atoms with van der Waals surface area (Å²) in [6.45, 7) is 5.03. The molecule has 142 valence electrons. The molecule has 11 nitrogen and oxygen atoms in total. The third-order valence-corrected chi connectivity index (χ3v) is 2.90. The number of nitrogens with zero attached hydrogens (tertiary/aromatic N) is 3. The molecule has 26 heavy (non-hydrogen) atoms. The summed E-state index contributed by atoms with van der Waals surface area (Å²) >= 11 is 0. The van der Waals surface area contributed by atoms with Crippen molar-refractivity contribution < 1.29 is 17.5 Å². The molecular formula is C14H21N7O4S. The van der Waals surface area contributed by atoms with Crippen LogP contribution in [0.4, 0.5) is 17.2 Å². The second-order valence-electron chi connectivity index (χ2n) is 4.91. The van der Waals surface area contributed by atoms with E-state index in [0.29, 0.717) is 17.0 Å². The van der Waals surface area contributed by atoms with E-state index in [1.54, 1.807) is 0 Å². The number of benzene rings is 1. The Hall–Kier alpha value is -2.96. The summed E-state index contributed by atoms with van der Waals surface area (Å²) in [7, 11) is -4.67. The Morgan fingerprint density at radius 3 is 2.38 bits per heavy atom. The average molecular weight is 383 g/mol. The zero-order valence-corrected chi connectivity index (χ0v) is 15.0. The van der Waals surface area contributed by atoms with Crippen molar-refractivity contribution in [1.29, 1.82) is 0 Å². The molecular weight excluding hydrogens is 362 g/mol. The number of nitrogens with one attached hydrogen (secondary N) is 2. The first-order chi connectivity index (χ1) is 12.1. The van der Waals surface area contributed by atoms with Gasteiger partial charge in [-0.15, -0.1) is 0 Å². The summed E-state index contributed by atoms with van der Waals surface area (Å²) in [5, 5.41) is 3.22. The lowest BCUT2D eigenvalue weighted by Crippen LogP contribution is -1.97. The van der Waals surface area contributed by atoms with Gasteiger partial charge in [0.05, 0.1) is 6.33 Å². The highest BCUT2D eigenvalue weighted by Gasteiger charge is 1.99. The number of imidazole rings is 1. The van der Waals surface area contributed by atoms with Crippen LogP contribution in [0.15, 0.2) is 30.9 Å². The van der Waals surface area contributed by atoms with Gasteiger partial charge in [0.1, 0.15) is 11.8 Å². The molecule has 0 saturated carbocycles. The van der Waals surface area contributed by atoms with E-state index in [4.69, 9.17) is 29.0 Å². The van der Waals surface area contributed by atoms with E-state index >= 15 is 0 Å². The molecule has 0 fully saturated rings. The molecule has 0 unspecified atom stereocenters. The lowest BCUT2D eigenvalue weighted by Gasteiger charge is -2.05. The fraction of sp³-hybridized carbons (Fsp3) is 0.214. The van der Waals surface area contributed by atoms with E-state index in [1.807, 2.05) is 19.1 Å². The summed E-state index contributed by atoms with van der Waals surface area (Å²) in [4.78, 5) is 14.4. The molecule has 8 N–H and O–H groups in total. The first-order valence-electron chi connectivity index (χ1n) is 7.31. The summed E-state index contributed by atoms with van der Waals surface area (Å²) in [5.41, 5.74) is 15.6. The van der Waals surface area contributed by atoms with E-state index in [0.717, 1.165) is 23.5 Å². The minimum Gasteiger partial charge on any atom is -0.399 e. The van der Waals surface area contributed by atoms with Crippen LogP contribution in [0.5, 0.6) is 0 Å². The Morgan fingerprint density at radius 2 is 1.85 bits per heavy atom. The Labute approximate surface area is 150 Å². The largest absolute Gasteiger partial charge is 0.399 e. The molecule has 3 rings (SSSR count). The maximum absolute atomic E-state index is 8.74. The SMILES string of the molecule is CCNc1ccc(N)c(C)c1.Nc1ncnc2nc[nH]c12.O=S(=O)(O)O. The van der Waals surface area contributed by atoms with Gasteiger partial charge in [0.2, 0.25) is 0 Å². The Balaban J connectivity index is 0.000000209. The molecule has 0 aliphatic rings. The number of aromatic amines is 1. The maximum Gasteiger partial charge on any atom is 0.394 e. The molecule has 2 aromatic heterocycles. The van der Waals surface area contributed by atoms with Gasteiger partial charge in [-0.3, -0.25) is 9.11 Å². The van der Waals surface area contributed by atoms with Gasteiger partial charge in [0.15, 0.2) is 11.5 Å². The molecule has 0 saturated heterocycles. The summed E-state index contributed by atoms with van der Waals surface area (Å²) < 4.78 is 31.6. The monoisotopic (exact) mass is 383 g/mol. The van der Waals surface area contributed by atoms with Crippen molar-refractivity contribution in [3.63, 3.8) is 0 Å². The lowest BCUT2D eigenvalue weighted by atomic mass is 10.2. The van der Waals surface area contributed by atoms with Gasteiger partial charge < -0.3 is 21.8 Å². The molecule has 0 atom stereocenters. The molecule has 0 spiro atoms. The predicted molar refractivity (Wildman–Crippen MR) is 100 cm³/mol. The summed E-state index contributed by atoms with van der Waals surface area (Å²) in [6, 6.07) is 5.97. The molecule has 12 heteroatoms. The van der Waals surface area contributed by atoms with Crippen molar-refractivity contribution >= 4 is 38.8 Å². The first kappa shape index (κ1) is 21.1. The van der Waals surface area contributed by atoms with Gasteiger partial charge in [0.25, 0.3) is 0 Å². The van der Waals surface area contributed by atoms with Crippen LogP contribution in [0, 0.1) is 6.92 Å². The number of anilines is 3. The number of rotatable bonds is 2. The Bertz CT molecular complexity index is 935. The average Bonchev–Trinajstić information content (AvgIpc) is 3.00. The Morgan fingerprint density at radius 1 is 1.19 bits per heavy atom. The fourth-order valence-corrected chi connectivity index (χ4v) is 1.77. The normalized spacial score (nSPS) is 10.3. The number of nitrogens with two attached hydrogens (primary N) is 2. The van der Waals surface area contributed by atoms with Crippen LogP contribution < -0.4 is 16.8 Å². The first-order valence-corrected chi connectivity index (χ1v) is 8.71. The van der Waals surface area contributed by atoms with Gasteiger partial charge in [-0.25, -0.2) is 15.0 Å². The zero-order valence-electron chi connectivity index (χ0n) is 14.2. The molecule has 2 heterocycles. The molecule has 0 aliphatic heterocycles. The number of H-pyrrole nitrogens is 1. The molecule has 1 aromatic carbocycles. The predicted octanol–water partition coefficient (Wildman–Crippen LogP) is 1.29. The van der Waals surface area contributed by atoms with E-state index in [1.165, 1.54) is 12.7 Å². The minimum absolute atomic E-state index is 0.433. The highest BCUT2D eigenvalue weighted by Crippen LogP contribution is 2.15. The van der Waals surface area contributed by atoms with Gasteiger partial charge in [0, 0.05) is 17.9 Å². The smallest absolute Gasteiger partial charge is 0.394 e. The second-order valence-corrected chi connectivity index (χ2v) is 5.81. The van der Waals surface area contributed by atoms with Crippen LogP contribution in [0.3, 0.4) is 0 Å². The third-order valence-electron chi connectivity index (χ3n) is 2.90. The highest BCUT2D eigenvalue weighted by molar-refractivity contribution is 7.79. The standard InChI is InChI=1S/C9H14N2.C5H5N5.H2O4S/c1-3-11-8-4-5-9(10)7(2)6-8;6-4-3-5(9-1-7-3)10-2-8-4;1-5(2,3)4/h4-6,11H,3,10H2,1-2H3;1-2H,(H3,6,7,8,9,10);(H2,1,2,3,4). The van der Waals surface area contributed by atoms with Gasteiger partial charge in [-0.1, -0.05) is 0 Å². The van der Waals surface area contributed by atoms with E-state index in [9.17, 15) is 0 Å². The van der Waals surface area contributed by atoms with Crippen LogP contribution >= 0.6 is 0 Å². The zero-order chi connectivity index (χ0) is 19.7. The quantitative estimate of drug-likeness (QED) is 0.277. The summed E-state index contributed by atoms with van der Waals surface area (Å²) in [5.74, 6) is 0.433. The fourth-order valence-electron chi connectivity index (χ4n) is 1.77. The van der Waals surface area contributed by atoms with Crippen molar-refractivity contribution in [3.8, 4) is 0 Å². The lowest BCUT2D eigenvalue weighted by molar-refractivity contribution is 0.381. The number of aromatic nitrogens is 4. The van der Waals surface area contributed by atoms with Crippen molar-refractivity contribution in [2.24, 2.45) is 0 Å². The minimum atomic E-state index is -4.67. The third kappa shape index (κ3) is 7.74. The van der Waals surface area contributed by atoms with Crippen molar-refractivity contribution in [2.75, 3.05) is 23.3 Å². The van der Waals surface area contributed by atoms with Gasteiger partial charge >= 0.3 is 10.4 Å². The number of hydrogen-bond acceptors (Lipinski definition) is 8. The number of nitrogen functional groups attached to an aromatic ring is 2. The molecule has 0 aliphatic carbocycles. The van der Waals surface area contributed by atoms with Crippen LogP contribution in [0.25, 0.3) is 11.2 Å². The van der Waals surface area contributed by atoms with Crippen LogP contribution in [-0.4, -0.2) is 44.0 Å². The summed E-state index contributed by atoms with van der Waals surface area (Å²) in [6.07, 6.45) is 2.92. The molecule has 3 aromatic rings. The van der Waals surface area contributed by atoms with E-state index in [2.05, 4.69) is 38.2 Å². The molecule has 0 bridgehead atoms. The van der Waals surface area contributed by atoms with Crippen molar-refractivity contribution in [1.82, 2.24) is 19.9 Å². The van der Waals surface area contributed by atoms with Crippen LogP contribution in [0.2, 0.25) is 0 Å². The topological polar surface area (TPSA) is 193 Å². The molecule has 0 radical (unpaired) electrons. The van der Waals surface area contributed by atoms with E-state index in [-0.39, 0.29) is 0 Å². The number of fused-ring (bicyclic) bond motifs is 1. The second kappa shape index (κ2) is 9.50. The molecule has 0 amide bonds. The van der Waals surface area contributed by atoms with E-state index < -0.39 is 10.4 Å². The van der Waals surface area contributed by atoms with Gasteiger partial charge in [-0.05, 0) is 37.6 Å². The van der Waals surface area contributed by atoms with Crippen molar-refractivity contribution in [3.05, 3.63) is 36.4 Å². The van der Waals surface area contributed by atoms with Crippen LogP contribution in [-0.2, 0) is 10.4 Å². The Kier molecular flexibility index (Phi) is 7.71. The van der Waals surface area contributed by atoms with Gasteiger partial charge in [-0.2, -0.15) is 8.42 Å².